The van der Waals surface area contributed by atoms with Crippen molar-refractivity contribution in [1.82, 2.24) is 9.55 Å². The summed E-state index contributed by atoms with van der Waals surface area (Å²) in [5.74, 6) is 1.69. The highest BCUT2D eigenvalue weighted by Crippen LogP contribution is 2.44. The highest BCUT2D eigenvalue weighted by atomic mass is 15.1. The Bertz CT molecular complexity index is 1100. The molecule has 0 aliphatic carbocycles. The molecule has 0 N–H and O–H groups in total. The Morgan fingerprint density at radius 2 is 1.02 bits per heavy atom. The van der Waals surface area contributed by atoms with Crippen molar-refractivity contribution in [3.05, 3.63) is 90.0 Å². The van der Waals surface area contributed by atoms with Crippen molar-refractivity contribution >= 4 is 0 Å². The third kappa shape index (κ3) is 14.2. The molecular formula is C44H70N2. The van der Waals surface area contributed by atoms with Crippen molar-refractivity contribution in [2.75, 3.05) is 0 Å². The first kappa shape index (κ1) is 38.1. The lowest BCUT2D eigenvalue weighted by Crippen LogP contribution is -2.35. The van der Waals surface area contributed by atoms with Gasteiger partial charge in [-0.05, 0) is 30.4 Å². The van der Waals surface area contributed by atoms with Gasteiger partial charge < -0.3 is 4.57 Å². The number of benzene rings is 2. The lowest BCUT2D eigenvalue weighted by atomic mass is 9.66. The van der Waals surface area contributed by atoms with Crippen LogP contribution >= 0.6 is 0 Å². The van der Waals surface area contributed by atoms with Crippen LogP contribution in [0.5, 0.6) is 0 Å². The number of aromatic nitrogens is 2. The first-order valence-corrected chi connectivity index (χ1v) is 19.8. The van der Waals surface area contributed by atoms with Gasteiger partial charge in [0, 0.05) is 30.3 Å². The van der Waals surface area contributed by atoms with E-state index in [1.165, 1.54) is 158 Å². The fraction of sp³-hybridized carbons (Fsp3) is 0.659. The van der Waals surface area contributed by atoms with E-state index in [0.717, 1.165) is 13.0 Å². The topological polar surface area (TPSA) is 17.8 Å². The molecule has 2 unspecified atom stereocenters. The van der Waals surface area contributed by atoms with Gasteiger partial charge in [-0.1, -0.05) is 210 Å². The zero-order valence-corrected chi connectivity index (χ0v) is 30.4. The Labute approximate surface area is 285 Å². The van der Waals surface area contributed by atoms with E-state index in [2.05, 4.69) is 98.4 Å². The second-order valence-corrected chi connectivity index (χ2v) is 14.5. The second kappa shape index (κ2) is 23.9. The molecule has 2 aromatic carbocycles. The van der Waals surface area contributed by atoms with Crippen LogP contribution in [0.15, 0.2) is 73.1 Å². The normalized spacial score (nSPS) is 13.5. The van der Waals surface area contributed by atoms with Crippen LogP contribution in [0.2, 0.25) is 0 Å². The SMILES string of the molecule is CCCCCCCCCCCCCCn1ccnc1C(CCCCCCCCCCC)C(C)(Cc1ccccc1)c1ccccc1. The van der Waals surface area contributed by atoms with Crippen molar-refractivity contribution in [3.63, 3.8) is 0 Å². The summed E-state index contributed by atoms with van der Waals surface area (Å²) in [6, 6.07) is 22.5. The minimum absolute atomic E-state index is 0.0254. The number of unbranched alkanes of at least 4 members (excludes halogenated alkanes) is 19. The molecule has 0 aliphatic rings. The molecular weight excluding hydrogens is 556 g/mol. The maximum Gasteiger partial charge on any atom is 0.112 e. The molecule has 2 atom stereocenters. The lowest BCUT2D eigenvalue weighted by molar-refractivity contribution is 0.321. The summed E-state index contributed by atoms with van der Waals surface area (Å²) < 4.78 is 2.53. The van der Waals surface area contributed by atoms with E-state index in [0.29, 0.717) is 5.92 Å². The average Bonchev–Trinajstić information content (AvgIpc) is 3.54. The number of aryl methyl sites for hydroxylation is 1. The maximum atomic E-state index is 5.14. The summed E-state index contributed by atoms with van der Waals surface area (Å²) in [6.07, 6.45) is 35.6. The molecule has 0 aliphatic heterocycles. The number of nitrogens with zero attached hydrogens (tertiary/aromatic N) is 2. The third-order valence-electron chi connectivity index (χ3n) is 10.5. The van der Waals surface area contributed by atoms with Gasteiger partial charge in [0.2, 0.25) is 0 Å². The smallest absolute Gasteiger partial charge is 0.112 e. The number of hydrogen-bond donors (Lipinski definition) is 0. The molecule has 0 spiro atoms. The standard InChI is InChI=1S/C44H70N2/c1-4-6-8-10-12-14-15-16-18-20-22-30-37-46-38-36-45-43(46)42(35-29-21-19-17-13-11-9-7-5-2)44(3,41-33-27-24-28-34-41)39-40-31-25-23-26-32-40/h23-28,31-34,36,38,42H,4-22,29-30,35,37,39H2,1-3H3. The Kier molecular flexibility index (Phi) is 19.8. The summed E-state index contributed by atoms with van der Waals surface area (Å²) >= 11 is 0. The van der Waals surface area contributed by atoms with Gasteiger partial charge in [0.25, 0.3) is 0 Å². The minimum Gasteiger partial charge on any atom is -0.335 e. The molecule has 2 heteroatoms. The monoisotopic (exact) mass is 627 g/mol. The third-order valence-corrected chi connectivity index (χ3v) is 10.5. The van der Waals surface area contributed by atoms with Gasteiger partial charge >= 0.3 is 0 Å². The van der Waals surface area contributed by atoms with Crippen LogP contribution in [-0.2, 0) is 18.4 Å². The Morgan fingerprint density at radius 3 is 1.54 bits per heavy atom. The van der Waals surface area contributed by atoms with Crippen LogP contribution < -0.4 is 0 Å². The molecule has 0 saturated heterocycles. The van der Waals surface area contributed by atoms with E-state index in [9.17, 15) is 0 Å². The van der Waals surface area contributed by atoms with Gasteiger partial charge in [0.05, 0.1) is 0 Å². The predicted octanol–water partition coefficient (Wildman–Crippen LogP) is 13.8. The van der Waals surface area contributed by atoms with E-state index in [1.54, 1.807) is 0 Å². The molecule has 1 aromatic heterocycles. The summed E-state index contributed by atoms with van der Waals surface area (Å²) in [5, 5.41) is 0. The maximum absolute atomic E-state index is 5.14. The molecule has 3 rings (SSSR count). The quantitative estimate of drug-likeness (QED) is 0.0733. The summed E-state index contributed by atoms with van der Waals surface area (Å²) in [4.78, 5) is 5.14. The molecule has 0 amide bonds. The van der Waals surface area contributed by atoms with Crippen molar-refractivity contribution in [3.8, 4) is 0 Å². The van der Waals surface area contributed by atoms with Gasteiger partial charge in [0.15, 0.2) is 0 Å². The van der Waals surface area contributed by atoms with Crippen molar-refractivity contribution in [1.29, 1.82) is 0 Å². The first-order valence-electron chi connectivity index (χ1n) is 19.8. The van der Waals surface area contributed by atoms with Crippen LogP contribution in [0.25, 0.3) is 0 Å². The van der Waals surface area contributed by atoms with Crippen molar-refractivity contribution < 1.29 is 0 Å². The summed E-state index contributed by atoms with van der Waals surface area (Å²) in [7, 11) is 0. The van der Waals surface area contributed by atoms with Crippen LogP contribution in [0.1, 0.15) is 185 Å². The number of imidazole rings is 1. The Balaban J connectivity index is 1.62. The molecule has 0 bridgehead atoms. The Hall–Kier alpha value is -2.35. The Morgan fingerprint density at radius 1 is 0.565 bits per heavy atom. The van der Waals surface area contributed by atoms with Gasteiger partial charge in [-0.2, -0.15) is 0 Å². The van der Waals surface area contributed by atoms with Crippen LogP contribution in [-0.4, -0.2) is 9.55 Å². The summed E-state index contributed by atoms with van der Waals surface area (Å²) in [5.41, 5.74) is 2.84. The van der Waals surface area contributed by atoms with Gasteiger partial charge in [-0.3, -0.25) is 0 Å². The second-order valence-electron chi connectivity index (χ2n) is 14.5. The predicted molar refractivity (Wildman–Crippen MR) is 202 cm³/mol. The lowest BCUT2D eigenvalue weighted by Gasteiger charge is -2.39. The molecule has 0 radical (unpaired) electrons. The zero-order chi connectivity index (χ0) is 32.5. The van der Waals surface area contributed by atoms with E-state index in [-0.39, 0.29) is 5.41 Å². The summed E-state index contributed by atoms with van der Waals surface area (Å²) in [6.45, 7) is 8.23. The van der Waals surface area contributed by atoms with Gasteiger partial charge in [-0.25, -0.2) is 4.98 Å². The highest BCUT2D eigenvalue weighted by molar-refractivity contribution is 5.33. The fourth-order valence-corrected chi connectivity index (χ4v) is 7.60. The molecule has 1 heterocycles. The first-order chi connectivity index (χ1) is 22.7. The molecule has 0 fully saturated rings. The van der Waals surface area contributed by atoms with Gasteiger partial charge in [0.1, 0.15) is 5.82 Å². The zero-order valence-electron chi connectivity index (χ0n) is 30.4. The van der Waals surface area contributed by atoms with Crippen LogP contribution in [0.3, 0.4) is 0 Å². The minimum atomic E-state index is -0.0254. The highest BCUT2D eigenvalue weighted by Gasteiger charge is 2.39. The van der Waals surface area contributed by atoms with Gasteiger partial charge in [-0.15, -0.1) is 0 Å². The molecule has 3 aromatic rings. The fourth-order valence-electron chi connectivity index (χ4n) is 7.60. The average molecular weight is 627 g/mol. The number of rotatable bonds is 28. The van der Waals surface area contributed by atoms with Crippen LogP contribution in [0, 0.1) is 0 Å². The number of hydrogen-bond acceptors (Lipinski definition) is 1. The van der Waals surface area contributed by atoms with Crippen LogP contribution in [0.4, 0.5) is 0 Å². The van der Waals surface area contributed by atoms with E-state index < -0.39 is 0 Å². The molecule has 256 valence electrons. The van der Waals surface area contributed by atoms with Crippen molar-refractivity contribution in [2.24, 2.45) is 0 Å². The molecule has 2 nitrogen and oxygen atoms in total. The molecule has 0 saturated carbocycles. The van der Waals surface area contributed by atoms with E-state index >= 15 is 0 Å². The van der Waals surface area contributed by atoms with Crippen molar-refractivity contribution in [2.45, 2.75) is 186 Å². The molecule has 46 heavy (non-hydrogen) atoms. The van der Waals surface area contributed by atoms with E-state index in [4.69, 9.17) is 4.98 Å². The largest absolute Gasteiger partial charge is 0.335 e. The van der Waals surface area contributed by atoms with E-state index in [1.807, 2.05) is 0 Å².